The smallest absolute Gasteiger partial charge is 0.223 e. The van der Waals surface area contributed by atoms with Crippen LogP contribution in [0.3, 0.4) is 0 Å². The minimum absolute atomic E-state index is 0.718. The number of nitrogens with zero attached hydrogens (tertiary/aromatic N) is 3. The van der Waals surface area contributed by atoms with Crippen LogP contribution in [0.5, 0.6) is 11.6 Å². The summed E-state index contributed by atoms with van der Waals surface area (Å²) in [7, 11) is 2.17. The molecule has 0 aliphatic carbocycles. The Bertz CT molecular complexity index is 669. The van der Waals surface area contributed by atoms with Crippen LogP contribution in [-0.4, -0.2) is 43.1 Å². The summed E-state index contributed by atoms with van der Waals surface area (Å²) in [6.07, 6.45) is 2.72. The highest BCUT2D eigenvalue weighted by atomic mass is 127. The van der Waals surface area contributed by atoms with Crippen molar-refractivity contribution < 1.29 is 4.74 Å². The molecule has 0 bridgehead atoms. The summed E-state index contributed by atoms with van der Waals surface area (Å²) in [6.45, 7) is 6.45. The van der Waals surface area contributed by atoms with E-state index in [1.54, 1.807) is 6.20 Å². The van der Waals surface area contributed by atoms with Gasteiger partial charge in [0, 0.05) is 53.3 Å². The molecule has 0 atom stereocenters. The van der Waals surface area contributed by atoms with Gasteiger partial charge in [-0.25, -0.2) is 4.98 Å². The fourth-order valence-electron chi connectivity index (χ4n) is 2.78. The van der Waals surface area contributed by atoms with Gasteiger partial charge in [0.05, 0.1) is 0 Å². The summed E-state index contributed by atoms with van der Waals surface area (Å²) in [6, 6.07) is 10.4. The van der Waals surface area contributed by atoms with Gasteiger partial charge < -0.3 is 14.5 Å². The van der Waals surface area contributed by atoms with Crippen LogP contribution in [0.25, 0.3) is 0 Å². The van der Waals surface area contributed by atoms with Gasteiger partial charge in [-0.15, -0.1) is 0 Å². The molecule has 1 aromatic carbocycles. The molecular weight excluding hydrogens is 401 g/mol. The van der Waals surface area contributed by atoms with Crippen LogP contribution in [0, 0.1) is 3.57 Å². The quantitative estimate of drug-likeness (QED) is 0.700. The molecule has 0 N–H and O–H groups in total. The van der Waals surface area contributed by atoms with Gasteiger partial charge in [-0.1, -0.05) is 13.0 Å². The van der Waals surface area contributed by atoms with Gasteiger partial charge in [0.1, 0.15) is 5.75 Å². The third-order valence-corrected chi connectivity index (χ3v) is 5.22. The third-order valence-electron chi connectivity index (χ3n) is 4.21. The zero-order chi connectivity index (χ0) is 16.2. The van der Waals surface area contributed by atoms with Crippen molar-refractivity contribution in [1.29, 1.82) is 0 Å². The first-order chi connectivity index (χ1) is 11.2. The fraction of sp³-hybridized carbons (Fsp3) is 0.389. The molecule has 2 aromatic rings. The maximum atomic E-state index is 6.08. The van der Waals surface area contributed by atoms with E-state index >= 15 is 0 Å². The fourth-order valence-corrected chi connectivity index (χ4v) is 3.55. The number of pyridine rings is 1. The third kappa shape index (κ3) is 3.95. The Morgan fingerprint density at radius 2 is 1.96 bits per heavy atom. The van der Waals surface area contributed by atoms with Crippen molar-refractivity contribution in [3.8, 4) is 11.6 Å². The molecule has 4 nitrogen and oxygen atoms in total. The van der Waals surface area contributed by atoms with Crippen molar-refractivity contribution in [2.45, 2.75) is 13.3 Å². The monoisotopic (exact) mass is 423 g/mol. The largest absolute Gasteiger partial charge is 0.439 e. The first kappa shape index (κ1) is 16.5. The highest BCUT2D eigenvalue weighted by Crippen LogP contribution is 2.29. The van der Waals surface area contributed by atoms with E-state index in [4.69, 9.17) is 4.74 Å². The Morgan fingerprint density at radius 1 is 1.17 bits per heavy atom. The second-order valence-electron chi connectivity index (χ2n) is 5.82. The Morgan fingerprint density at radius 3 is 2.70 bits per heavy atom. The summed E-state index contributed by atoms with van der Waals surface area (Å²) >= 11 is 2.34. The molecule has 1 saturated heterocycles. The van der Waals surface area contributed by atoms with Crippen LogP contribution in [0.4, 0.5) is 5.69 Å². The van der Waals surface area contributed by atoms with Gasteiger partial charge in [0.2, 0.25) is 5.88 Å². The van der Waals surface area contributed by atoms with Crippen molar-refractivity contribution >= 4 is 28.3 Å². The second kappa shape index (κ2) is 7.49. The summed E-state index contributed by atoms with van der Waals surface area (Å²) in [5.41, 5.74) is 2.39. The van der Waals surface area contributed by atoms with Crippen molar-refractivity contribution in [2.24, 2.45) is 0 Å². The molecule has 122 valence electrons. The van der Waals surface area contributed by atoms with Gasteiger partial charge >= 0.3 is 0 Å². The number of hydrogen-bond donors (Lipinski definition) is 0. The van der Waals surface area contributed by atoms with Crippen LogP contribution in [-0.2, 0) is 6.42 Å². The average molecular weight is 423 g/mol. The second-order valence-corrected chi connectivity index (χ2v) is 6.98. The Balaban J connectivity index is 1.79. The number of rotatable bonds is 4. The van der Waals surface area contributed by atoms with E-state index < -0.39 is 0 Å². The Kier molecular flexibility index (Phi) is 5.38. The number of likely N-dealkylation sites (N-methyl/N-ethyl adjacent to an activating group) is 1. The molecule has 1 aliphatic rings. The Labute approximate surface area is 151 Å². The zero-order valence-electron chi connectivity index (χ0n) is 13.6. The molecule has 0 radical (unpaired) electrons. The van der Waals surface area contributed by atoms with Crippen LogP contribution in [0.15, 0.2) is 36.5 Å². The van der Waals surface area contributed by atoms with Crippen LogP contribution in [0.1, 0.15) is 12.5 Å². The number of hydrogen-bond acceptors (Lipinski definition) is 4. The standard InChI is InChI=1S/C18H22IN3O/c1-3-16-17(19)7-8-20-18(16)23-15-6-4-5-14(13-15)22-11-9-21(2)10-12-22/h4-8,13H,3,9-12H2,1-2H3. The lowest BCUT2D eigenvalue weighted by molar-refractivity contribution is 0.312. The summed E-state index contributed by atoms with van der Waals surface area (Å²) in [5, 5.41) is 0. The molecule has 1 fully saturated rings. The normalized spacial score (nSPS) is 15.7. The summed E-state index contributed by atoms with van der Waals surface area (Å²) in [5.74, 6) is 1.57. The lowest BCUT2D eigenvalue weighted by Crippen LogP contribution is -2.44. The highest BCUT2D eigenvalue weighted by molar-refractivity contribution is 14.1. The van der Waals surface area contributed by atoms with E-state index in [1.807, 2.05) is 12.1 Å². The van der Waals surface area contributed by atoms with Gasteiger partial charge in [0.25, 0.3) is 0 Å². The molecule has 3 rings (SSSR count). The van der Waals surface area contributed by atoms with Crippen LogP contribution in [0.2, 0.25) is 0 Å². The summed E-state index contributed by atoms with van der Waals surface area (Å²) < 4.78 is 7.28. The predicted molar refractivity (Wildman–Crippen MR) is 103 cm³/mol. The topological polar surface area (TPSA) is 28.6 Å². The number of piperazine rings is 1. The molecule has 1 aromatic heterocycles. The number of anilines is 1. The van der Waals surface area contributed by atoms with E-state index in [2.05, 4.69) is 69.5 Å². The average Bonchev–Trinajstić information content (AvgIpc) is 2.56. The predicted octanol–water partition coefficient (Wildman–Crippen LogP) is 3.79. The lowest BCUT2D eigenvalue weighted by atomic mass is 10.2. The minimum atomic E-state index is 0.718. The highest BCUT2D eigenvalue weighted by Gasteiger charge is 2.15. The molecule has 2 heterocycles. The van der Waals surface area contributed by atoms with E-state index in [1.165, 1.54) is 9.26 Å². The molecule has 5 heteroatoms. The first-order valence-electron chi connectivity index (χ1n) is 8.02. The number of benzene rings is 1. The van der Waals surface area contributed by atoms with Gasteiger partial charge in [-0.3, -0.25) is 0 Å². The van der Waals surface area contributed by atoms with E-state index in [0.29, 0.717) is 0 Å². The first-order valence-corrected chi connectivity index (χ1v) is 9.10. The summed E-state index contributed by atoms with van der Waals surface area (Å²) in [4.78, 5) is 9.18. The maximum Gasteiger partial charge on any atom is 0.223 e. The van der Waals surface area contributed by atoms with Crippen molar-refractivity contribution in [2.75, 3.05) is 38.1 Å². The van der Waals surface area contributed by atoms with E-state index in [0.717, 1.165) is 49.8 Å². The van der Waals surface area contributed by atoms with Crippen molar-refractivity contribution in [3.63, 3.8) is 0 Å². The lowest BCUT2D eigenvalue weighted by Gasteiger charge is -2.34. The zero-order valence-corrected chi connectivity index (χ0v) is 15.8. The molecular formula is C18H22IN3O. The SMILES string of the molecule is CCc1c(I)ccnc1Oc1cccc(N2CCN(C)CC2)c1. The molecule has 1 aliphatic heterocycles. The van der Waals surface area contributed by atoms with Gasteiger partial charge in [-0.2, -0.15) is 0 Å². The molecule has 0 spiro atoms. The van der Waals surface area contributed by atoms with Crippen molar-refractivity contribution in [3.05, 3.63) is 45.7 Å². The van der Waals surface area contributed by atoms with Crippen molar-refractivity contribution in [1.82, 2.24) is 9.88 Å². The van der Waals surface area contributed by atoms with Crippen LogP contribution >= 0.6 is 22.6 Å². The number of ether oxygens (including phenoxy) is 1. The number of aromatic nitrogens is 1. The van der Waals surface area contributed by atoms with Gasteiger partial charge in [0.15, 0.2) is 0 Å². The molecule has 0 saturated carbocycles. The van der Waals surface area contributed by atoms with E-state index in [9.17, 15) is 0 Å². The Hall–Kier alpha value is -1.34. The number of halogens is 1. The molecule has 23 heavy (non-hydrogen) atoms. The van der Waals surface area contributed by atoms with E-state index in [-0.39, 0.29) is 0 Å². The van der Waals surface area contributed by atoms with Crippen LogP contribution < -0.4 is 9.64 Å². The maximum absolute atomic E-state index is 6.08. The van der Waals surface area contributed by atoms with Gasteiger partial charge in [-0.05, 0) is 54.3 Å². The minimum Gasteiger partial charge on any atom is -0.439 e. The molecule has 0 amide bonds. The molecule has 0 unspecified atom stereocenters.